The normalized spacial score (nSPS) is 12.1. The first kappa shape index (κ1) is 20.3. The van der Waals surface area contributed by atoms with E-state index in [2.05, 4.69) is 4.98 Å². The highest BCUT2D eigenvalue weighted by Gasteiger charge is 2.34. The maximum atomic E-state index is 13.5. The molecule has 0 spiro atoms. The molecule has 144 valence electrons. The van der Waals surface area contributed by atoms with E-state index >= 15 is 0 Å². The summed E-state index contributed by atoms with van der Waals surface area (Å²) in [5, 5.41) is 1.19. The summed E-state index contributed by atoms with van der Waals surface area (Å²) < 4.78 is 40.6. The van der Waals surface area contributed by atoms with Gasteiger partial charge in [0.1, 0.15) is 0 Å². The van der Waals surface area contributed by atoms with Crippen LogP contribution < -0.4 is 5.73 Å². The Morgan fingerprint density at radius 3 is 2.33 bits per heavy atom. The van der Waals surface area contributed by atoms with Crippen LogP contribution in [0.25, 0.3) is 22.2 Å². The molecule has 8 heteroatoms. The van der Waals surface area contributed by atoms with Crippen molar-refractivity contribution in [3.05, 3.63) is 56.5 Å². The highest BCUT2D eigenvalue weighted by molar-refractivity contribution is 6.42. The smallest absolute Gasteiger partial charge is 0.354 e. The molecule has 0 unspecified atom stereocenters. The van der Waals surface area contributed by atoms with Crippen molar-refractivity contribution in [1.29, 1.82) is 0 Å². The second kappa shape index (κ2) is 7.92. The van der Waals surface area contributed by atoms with Gasteiger partial charge in [-0.25, -0.2) is 0 Å². The van der Waals surface area contributed by atoms with Gasteiger partial charge >= 0.3 is 6.18 Å². The molecule has 3 aromatic rings. The number of aromatic nitrogens is 1. The van der Waals surface area contributed by atoms with Crippen molar-refractivity contribution in [2.24, 2.45) is 5.73 Å². The Bertz CT molecular complexity index is 980. The van der Waals surface area contributed by atoms with E-state index in [4.69, 9.17) is 40.5 Å². The van der Waals surface area contributed by atoms with E-state index in [-0.39, 0.29) is 10.5 Å². The van der Waals surface area contributed by atoms with Crippen molar-refractivity contribution in [2.75, 3.05) is 6.54 Å². The average Bonchev–Trinajstić information content (AvgIpc) is 2.94. The van der Waals surface area contributed by atoms with Crippen LogP contribution in [0.5, 0.6) is 0 Å². The Balaban J connectivity index is 2.27. The molecule has 0 aliphatic heterocycles. The molecule has 0 saturated carbocycles. The van der Waals surface area contributed by atoms with Gasteiger partial charge in [-0.3, -0.25) is 0 Å². The van der Waals surface area contributed by atoms with Gasteiger partial charge in [-0.2, -0.15) is 13.2 Å². The molecule has 0 saturated heterocycles. The van der Waals surface area contributed by atoms with Crippen molar-refractivity contribution in [3.63, 3.8) is 0 Å². The number of benzene rings is 2. The van der Waals surface area contributed by atoms with Crippen LogP contribution in [0.2, 0.25) is 15.1 Å². The molecule has 0 bridgehead atoms. The number of hydrogen-bond donors (Lipinski definition) is 2. The molecule has 3 N–H and O–H groups in total. The van der Waals surface area contributed by atoms with Crippen LogP contribution in [0.3, 0.4) is 0 Å². The highest BCUT2D eigenvalue weighted by Crippen LogP contribution is 2.41. The van der Waals surface area contributed by atoms with Crippen molar-refractivity contribution in [2.45, 2.75) is 25.4 Å². The molecular formula is C19H16Cl3F3N2. The summed E-state index contributed by atoms with van der Waals surface area (Å²) in [6.45, 7) is 0.513. The van der Waals surface area contributed by atoms with Crippen LogP contribution in [0.4, 0.5) is 13.2 Å². The van der Waals surface area contributed by atoms with E-state index in [1.54, 1.807) is 24.3 Å². The lowest BCUT2D eigenvalue weighted by Gasteiger charge is -2.09. The molecule has 27 heavy (non-hydrogen) atoms. The Morgan fingerprint density at radius 2 is 1.70 bits per heavy atom. The van der Waals surface area contributed by atoms with Crippen LogP contribution in [-0.4, -0.2) is 11.5 Å². The number of halogens is 6. The Kier molecular flexibility index (Phi) is 5.96. The number of rotatable bonds is 5. The lowest BCUT2D eigenvalue weighted by Crippen LogP contribution is -2.05. The maximum absolute atomic E-state index is 13.5. The molecule has 0 radical (unpaired) electrons. The fraction of sp³-hybridized carbons (Fsp3) is 0.263. The number of H-pyrrole nitrogens is 1. The minimum atomic E-state index is -4.53. The molecule has 3 rings (SSSR count). The first-order valence-electron chi connectivity index (χ1n) is 8.29. The van der Waals surface area contributed by atoms with Crippen LogP contribution in [0.15, 0.2) is 30.3 Å². The quantitative estimate of drug-likeness (QED) is 0.412. The molecule has 0 atom stereocenters. The zero-order chi connectivity index (χ0) is 19.8. The monoisotopic (exact) mass is 434 g/mol. The van der Waals surface area contributed by atoms with E-state index in [1.807, 2.05) is 0 Å². The number of alkyl halides is 3. The molecule has 2 aromatic carbocycles. The fourth-order valence-electron chi connectivity index (χ4n) is 3.14. The summed E-state index contributed by atoms with van der Waals surface area (Å²) in [6, 6.07) is 7.46. The van der Waals surface area contributed by atoms with Gasteiger partial charge in [-0.15, -0.1) is 0 Å². The Labute approximate surface area is 169 Å². The van der Waals surface area contributed by atoms with Crippen molar-refractivity contribution >= 4 is 45.7 Å². The van der Waals surface area contributed by atoms with Crippen LogP contribution in [-0.2, 0) is 12.6 Å². The molecule has 1 heterocycles. The molecule has 0 aliphatic rings. The number of aryl methyl sites for hydroxylation is 1. The minimum Gasteiger partial charge on any atom is -0.354 e. The molecule has 0 amide bonds. The van der Waals surface area contributed by atoms with Gasteiger partial charge in [0.05, 0.1) is 21.1 Å². The minimum absolute atomic E-state index is 0.00993. The van der Waals surface area contributed by atoms with E-state index in [9.17, 15) is 13.2 Å². The predicted molar refractivity (Wildman–Crippen MR) is 106 cm³/mol. The largest absolute Gasteiger partial charge is 0.418 e. The van der Waals surface area contributed by atoms with Crippen LogP contribution in [0, 0.1) is 0 Å². The maximum Gasteiger partial charge on any atom is 0.418 e. The fourth-order valence-corrected chi connectivity index (χ4v) is 3.66. The molecule has 0 aliphatic carbocycles. The third-order valence-electron chi connectivity index (χ3n) is 4.37. The zero-order valence-corrected chi connectivity index (χ0v) is 16.3. The second-order valence-corrected chi connectivity index (χ2v) is 7.48. The standard InChI is InChI=1S/C19H16Cl3F3N2/c20-11-8-13-12(3-1-2-6-26)17(10-4-5-15(21)16(22)7-10)27-18(13)14(9-11)19(23,24)25/h4-5,7-9,27H,1-3,6,26H2. The van der Waals surface area contributed by atoms with Gasteiger partial charge < -0.3 is 10.7 Å². The Morgan fingerprint density at radius 1 is 0.963 bits per heavy atom. The second-order valence-electron chi connectivity index (χ2n) is 6.23. The first-order chi connectivity index (χ1) is 12.7. The topological polar surface area (TPSA) is 41.8 Å². The van der Waals surface area contributed by atoms with Gasteiger partial charge in [0, 0.05) is 16.1 Å². The van der Waals surface area contributed by atoms with Crippen LogP contribution in [0.1, 0.15) is 24.0 Å². The van der Waals surface area contributed by atoms with Crippen molar-refractivity contribution in [3.8, 4) is 11.3 Å². The van der Waals surface area contributed by atoms with E-state index in [1.165, 1.54) is 0 Å². The van der Waals surface area contributed by atoms with Crippen LogP contribution >= 0.6 is 34.8 Å². The van der Waals surface area contributed by atoms with Gasteiger partial charge in [-0.1, -0.05) is 40.9 Å². The SMILES string of the molecule is NCCCCc1c(-c2ccc(Cl)c(Cl)c2)[nH]c2c(C(F)(F)F)cc(Cl)cc12. The first-order valence-corrected chi connectivity index (χ1v) is 9.42. The van der Waals surface area contributed by atoms with Gasteiger partial charge in [0.2, 0.25) is 0 Å². The summed E-state index contributed by atoms with van der Waals surface area (Å²) >= 11 is 18.1. The van der Waals surface area contributed by atoms with Crippen molar-refractivity contribution in [1.82, 2.24) is 4.98 Å². The zero-order valence-electron chi connectivity index (χ0n) is 14.1. The summed E-state index contributed by atoms with van der Waals surface area (Å²) in [7, 11) is 0. The highest BCUT2D eigenvalue weighted by atomic mass is 35.5. The van der Waals surface area contributed by atoms with Crippen molar-refractivity contribution < 1.29 is 13.2 Å². The summed E-state index contributed by atoms with van der Waals surface area (Å²) in [6.07, 6.45) is -2.46. The lowest BCUT2D eigenvalue weighted by molar-refractivity contribution is -0.136. The molecule has 2 nitrogen and oxygen atoms in total. The number of unbranched alkanes of at least 4 members (excludes halogenated alkanes) is 1. The third kappa shape index (κ3) is 4.21. The van der Waals surface area contributed by atoms with Gasteiger partial charge in [-0.05, 0) is 61.2 Å². The van der Waals surface area contributed by atoms with Gasteiger partial charge in [0.25, 0.3) is 0 Å². The number of nitrogens with one attached hydrogen (secondary N) is 1. The number of fused-ring (bicyclic) bond motifs is 1. The van der Waals surface area contributed by atoms with E-state index in [0.29, 0.717) is 39.7 Å². The summed E-state index contributed by atoms with van der Waals surface area (Å²) in [5.41, 5.74) is 6.77. The molecular weight excluding hydrogens is 420 g/mol. The number of aromatic amines is 1. The molecule has 1 aromatic heterocycles. The summed E-state index contributed by atoms with van der Waals surface area (Å²) in [5.74, 6) is 0. The number of hydrogen-bond acceptors (Lipinski definition) is 1. The average molecular weight is 436 g/mol. The Hall–Kier alpha value is -1.40. The van der Waals surface area contributed by atoms with Gasteiger partial charge in [0.15, 0.2) is 0 Å². The lowest BCUT2D eigenvalue weighted by atomic mass is 9.99. The molecule has 0 fully saturated rings. The predicted octanol–water partition coefficient (Wildman–Crippen LogP) is 7.10. The van der Waals surface area contributed by atoms with E-state index < -0.39 is 11.7 Å². The third-order valence-corrected chi connectivity index (χ3v) is 5.33. The van der Waals surface area contributed by atoms with E-state index in [0.717, 1.165) is 24.5 Å². The number of nitrogens with two attached hydrogens (primary N) is 1. The summed E-state index contributed by atoms with van der Waals surface area (Å²) in [4.78, 5) is 2.94.